The maximum atomic E-state index is 11.7. The van der Waals surface area contributed by atoms with Crippen LogP contribution in [0.15, 0.2) is 22.8 Å². The van der Waals surface area contributed by atoms with Crippen molar-refractivity contribution < 1.29 is 14.0 Å². The summed E-state index contributed by atoms with van der Waals surface area (Å²) in [5.74, 6) is -0.0827. The van der Waals surface area contributed by atoms with E-state index in [1.165, 1.54) is 11.2 Å². The van der Waals surface area contributed by atoms with Crippen molar-refractivity contribution in [3.8, 4) is 0 Å². The molecular formula is C9H10N2O3. The van der Waals surface area contributed by atoms with Crippen molar-refractivity contribution in [2.75, 3.05) is 19.6 Å². The highest BCUT2D eigenvalue weighted by molar-refractivity contribution is 5.94. The van der Waals surface area contributed by atoms with Gasteiger partial charge in [0.1, 0.15) is 6.54 Å². The van der Waals surface area contributed by atoms with Crippen LogP contribution in [0.1, 0.15) is 10.6 Å². The third-order valence-corrected chi connectivity index (χ3v) is 2.06. The first-order valence-corrected chi connectivity index (χ1v) is 4.37. The summed E-state index contributed by atoms with van der Waals surface area (Å²) in [6.45, 7) is 1.15. The number of rotatable bonds is 1. The number of nitrogens with one attached hydrogen (secondary N) is 1. The first-order valence-electron chi connectivity index (χ1n) is 4.37. The Hall–Kier alpha value is -1.78. The Balaban J connectivity index is 2.08. The Morgan fingerprint density at radius 1 is 1.57 bits per heavy atom. The standard InChI is InChI=1S/C9H10N2O3/c12-8-6-11(4-3-10-8)9(13)7-2-1-5-14-7/h1-2,5H,3-4,6H2,(H,10,12). The molecule has 0 aliphatic carbocycles. The Morgan fingerprint density at radius 2 is 2.43 bits per heavy atom. The van der Waals surface area contributed by atoms with Gasteiger partial charge in [-0.15, -0.1) is 0 Å². The largest absolute Gasteiger partial charge is 0.459 e. The zero-order valence-electron chi connectivity index (χ0n) is 7.53. The molecular weight excluding hydrogens is 184 g/mol. The normalized spacial score (nSPS) is 16.6. The van der Waals surface area contributed by atoms with Gasteiger partial charge in [0.15, 0.2) is 5.76 Å². The van der Waals surface area contributed by atoms with Crippen LogP contribution in [-0.4, -0.2) is 36.3 Å². The van der Waals surface area contributed by atoms with Crippen molar-refractivity contribution in [2.24, 2.45) is 0 Å². The minimum atomic E-state index is -0.232. The molecule has 0 atom stereocenters. The molecule has 2 rings (SSSR count). The molecule has 5 heteroatoms. The summed E-state index contributed by atoms with van der Waals surface area (Å²) in [7, 11) is 0. The van der Waals surface area contributed by atoms with E-state index in [0.717, 1.165) is 0 Å². The third-order valence-electron chi connectivity index (χ3n) is 2.06. The van der Waals surface area contributed by atoms with Gasteiger partial charge in [0, 0.05) is 13.1 Å². The van der Waals surface area contributed by atoms with E-state index in [-0.39, 0.29) is 24.1 Å². The topological polar surface area (TPSA) is 62.6 Å². The first-order chi connectivity index (χ1) is 6.77. The maximum Gasteiger partial charge on any atom is 0.290 e. The third kappa shape index (κ3) is 1.61. The Kier molecular flexibility index (Phi) is 2.22. The average molecular weight is 194 g/mol. The van der Waals surface area contributed by atoms with E-state index in [2.05, 4.69) is 5.32 Å². The molecule has 0 bridgehead atoms. The molecule has 14 heavy (non-hydrogen) atoms. The van der Waals surface area contributed by atoms with Crippen LogP contribution in [0.3, 0.4) is 0 Å². The predicted octanol–water partition coefficient (Wildman–Crippen LogP) is -0.148. The molecule has 0 radical (unpaired) electrons. The van der Waals surface area contributed by atoms with Gasteiger partial charge in [-0.2, -0.15) is 0 Å². The van der Waals surface area contributed by atoms with Crippen molar-refractivity contribution in [3.63, 3.8) is 0 Å². The lowest BCUT2D eigenvalue weighted by Gasteiger charge is -2.25. The van der Waals surface area contributed by atoms with Gasteiger partial charge in [-0.3, -0.25) is 9.59 Å². The Bertz CT molecular complexity index is 345. The highest BCUT2D eigenvalue weighted by Gasteiger charge is 2.23. The monoisotopic (exact) mass is 194 g/mol. The molecule has 1 aliphatic heterocycles. The molecule has 0 spiro atoms. The van der Waals surface area contributed by atoms with Gasteiger partial charge < -0.3 is 14.6 Å². The van der Waals surface area contributed by atoms with E-state index in [0.29, 0.717) is 13.1 Å². The van der Waals surface area contributed by atoms with Gasteiger partial charge in [0.25, 0.3) is 5.91 Å². The molecule has 1 aromatic heterocycles. The van der Waals surface area contributed by atoms with E-state index in [1.54, 1.807) is 12.1 Å². The zero-order valence-corrected chi connectivity index (χ0v) is 7.53. The molecule has 0 unspecified atom stereocenters. The fraction of sp³-hybridized carbons (Fsp3) is 0.333. The van der Waals surface area contributed by atoms with Crippen molar-refractivity contribution >= 4 is 11.8 Å². The van der Waals surface area contributed by atoms with Gasteiger partial charge in [0.05, 0.1) is 6.26 Å². The van der Waals surface area contributed by atoms with Crippen molar-refractivity contribution in [3.05, 3.63) is 24.2 Å². The van der Waals surface area contributed by atoms with Crippen LogP contribution < -0.4 is 5.32 Å². The smallest absolute Gasteiger partial charge is 0.290 e. The van der Waals surface area contributed by atoms with Crippen molar-refractivity contribution in [1.82, 2.24) is 10.2 Å². The second-order valence-electron chi connectivity index (χ2n) is 3.05. The molecule has 1 aromatic rings. The quantitative estimate of drug-likeness (QED) is 0.676. The second kappa shape index (κ2) is 3.53. The fourth-order valence-electron chi connectivity index (χ4n) is 1.37. The first kappa shape index (κ1) is 8.80. The van der Waals surface area contributed by atoms with Gasteiger partial charge in [0.2, 0.25) is 5.91 Å². The van der Waals surface area contributed by atoms with E-state index in [1.807, 2.05) is 0 Å². The number of hydrogen-bond acceptors (Lipinski definition) is 3. The van der Waals surface area contributed by atoms with Crippen LogP contribution in [0.5, 0.6) is 0 Å². The highest BCUT2D eigenvalue weighted by atomic mass is 16.3. The molecule has 5 nitrogen and oxygen atoms in total. The summed E-state index contributed by atoms with van der Waals surface area (Å²) >= 11 is 0. The minimum absolute atomic E-state index is 0.111. The van der Waals surface area contributed by atoms with E-state index >= 15 is 0 Å². The summed E-state index contributed by atoms with van der Waals surface area (Å²) in [6.07, 6.45) is 1.44. The van der Waals surface area contributed by atoms with Crippen LogP contribution in [0.25, 0.3) is 0 Å². The number of piperazine rings is 1. The van der Waals surface area contributed by atoms with Gasteiger partial charge >= 0.3 is 0 Å². The Morgan fingerprint density at radius 3 is 3.07 bits per heavy atom. The fourth-order valence-corrected chi connectivity index (χ4v) is 1.37. The number of hydrogen-bond donors (Lipinski definition) is 1. The molecule has 0 aromatic carbocycles. The van der Waals surface area contributed by atoms with E-state index < -0.39 is 0 Å². The number of carbonyl (C=O) groups is 2. The van der Waals surface area contributed by atoms with Crippen LogP contribution in [0.4, 0.5) is 0 Å². The van der Waals surface area contributed by atoms with Gasteiger partial charge in [-0.05, 0) is 12.1 Å². The lowest BCUT2D eigenvalue weighted by Crippen LogP contribution is -2.49. The number of amides is 2. The van der Waals surface area contributed by atoms with Crippen molar-refractivity contribution in [1.29, 1.82) is 0 Å². The summed E-state index contributed by atoms with van der Waals surface area (Å²) < 4.78 is 4.96. The average Bonchev–Trinajstić information content (AvgIpc) is 2.69. The zero-order chi connectivity index (χ0) is 9.97. The molecule has 1 N–H and O–H groups in total. The minimum Gasteiger partial charge on any atom is -0.459 e. The lowest BCUT2D eigenvalue weighted by atomic mass is 10.3. The van der Waals surface area contributed by atoms with E-state index in [4.69, 9.17) is 4.42 Å². The molecule has 1 fully saturated rings. The SMILES string of the molecule is O=C1CN(C(=O)c2ccco2)CCN1. The Labute approximate surface area is 80.7 Å². The molecule has 1 aliphatic rings. The van der Waals surface area contributed by atoms with Crippen molar-refractivity contribution in [2.45, 2.75) is 0 Å². The molecule has 74 valence electrons. The summed E-state index contributed by atoms with van der Waals surface area (Å²) in [5, 5.41) is 2.65. The number of nitrogens with zero attached hydrogens (tertiary/aromatic N) is 1. The lowest BCUT2D eigenvalue weighted by molar-refractivity contribution is -0.123. The summed E-state index contributed by atoms with van der Waals surface area (Å²) in [5.41, 5.74) is 0. The molecule has 0 saturated carbocycles. The summed E-state index contributed by atoms with van der Waals surface area (Å²) in [6, 6.07) is 3.24. The second-order valence-corrected chi connectivity index (χ2v) is 3.05. The van der Waals surface area contributed by atoms with E-state index in [9.17, 15) is 9.59 Å². The number of carbonyl (C=O) groups excluding carboxylic acids is 2. The van der Waals surface area contributed by atoms with Crippen LogP contribution in [0.2, 0.25) is 0 Å². The van der Waals surface area contributed by atoms with Crippen LogP contribution in [-0.2, 0) is 4.79 Å². The van der Waals surface area contributed by atoms with Gasteiger partial charge in [-0.1, -0.05) is 0 Å². The molecule has 1 saturated heterocycles. The number of furan rings is 1. The molecule has 2 amide bonds. The highest BCUT2D eigenvalue weighted by Crippen LogP contribution is 2.06. The molecule has 2 heterocycles. The maximum absolute atomic E-state index is 11.7. The predicted molar refractivity (Wildman–Crippen MR) is 47.6 cm³/mol. The van der Waals surface area contributed by atoms with Crippen LogP contribution in [0, 0.1) is 0 Å². The van der Waals surface area contributed by atoms with Gasteiger partial charge in [-0.25, -0.2) is 0 Å². The summed E-state index contributed by atoms with van der Waals surface area (Å²) in [4.78, 5) is 24.1. The van der Waals surface area contributed by atoms with Crippen LogP contribution >= 0.6 is 0 Å².